The molecule has 0 N–H and O–H groups in total. The van der Waals surface area contributed by atoms with Gasteiger partial charge in [0.1, 0.15) is 0 Å². The molecule has 0 aliphatic carbocycles. The van der Waals surface area contributed by atoms with Gasteiger partial charge in [0.25, 0.3) is 0 Å². The molecule has 0 heterocycles. The zero-order chi connectivity index (χ0) is 0. The van der Waals surface area contributed by atoms with Gasteiger partial charge in [0, 0.05) is 52.5 Å². The second kappa shape index (κ2) is 98.4. The first-order valence-electron chi connectivity index (χ1n) is 0. The van der Waals surface area contributed by atoms with Crippen LogP contribution in [0, 0.1) is 0 Å². The molecule has 0 amide bonds. The van der Waals surface area contributed by atoms with Gasteiger partial charge < -0.3 is 0 Å². The van der Waals surface area contributed by atoms with E-state index in [2.05, 4.69) is 0 Å². The van der Waals surface area contributed by atoms with E-state index in [9.17, 15) is 0 Å². The molecule has 0 nitrogen and oxygen atoms in total. The van der Waals surface area contributed by atoms with E-state index in [1.165, 1.54) is 0 Å². The van der Waals surface area contributed by atoms with Crippen LogP contribution in [0.1, 0.15) is 0 Å². The Labute approximate surface area is 53.0 Å². The quantitative estimate of drug-likeness (QED) is 0.281. The molecule has 0 unspecified atom stereocenters. The van der Waals surface area contributed by atoms with Crippen LogP contribution in [0.2, 0.25) is 0 Å². The first-order valence-corrected chi connectivity index (χ1v) is 0. The van der Waals surface area contributed by atoms with Crippen molar-refractivity contribution in [2.75, 3.05) is 0 Å². The van der Waals surface area contributed by atoms with Crippen molar-refractivity contribution < 1.29 is 0 Å². The molecule has 5 heteroatoms. The summed E-state index contributed by atoms with van der Waals surface area (Å²) in [6.45, 7) is 0. The van der Waals surface area contributed by atoms with Gasteiger partial charge in [-0.25, -0.2) is 0 Å². The van der Waals surface area contributed by atoms with Crippen LogP contribution in [-0.4, -0.2) is 52.5 Å². The fourth-order valence-corrected chi connectivity index (χ4v) is 0. The second-order valence-corrected chi connectivity index (χ2v) is 0. The molecule has 0 atom stereocenters. The zero-order valence-corrected chi connectivity index (χ0v) is 3.31. The minimum Gasteiger partial charge on any atom is 0 e. The monoisotopic (exact) mass is 51.1 g/mol. The SMILES string of the molecule is [B].[B].[B].[B].[Li]. The third-order valence-corrected chi connectivity index (χ3v) is 0. The van der Waals surface area contributed by atoms with E-state index in [1.54, 1.807) is 0 Å². The van der Waals surface area contributed by atoms with Crippen LogP contribution < -0.4 is 0 Å². The fourth-order valence-electron chi connectivity index (χ4n) is 0. The molecule has 0 spiro atoms. The summed E-state index contributed by atoms with van der Waals surface area (Å²) in [5.41, 5.74) is 0. The van der Waals surface area contributed by atoms with E-state index in [-0.39, 0.29) is 52.5 Å². The Bertz CT molecular complexity index is 3.61. The van der Waals surface area contributed by atoms with E-state index in [0.29, 0.717) is 0 Å². The predicted molar refractivity (Wildman–Crippen MR) is 28.8 cm³/mol. The molecule has 13 valence electrons. The molecule has 0 fully saturated rings. The van der Waals surface area contributed by atoms with Gasteiger partial charge in [-0.2, -0.15) is 0 Å². The summed E-state index contributed by atoms with van der Waals surface area (Å²) in [7, 11) is 0. The van der Waals surface area contributed by atoms with Gasteiger partial charge in [-0.05, 0) is 0 Å². The summed E-state index contributed by atoms with van der Waals surface area (Å²) in [5.74, 6) is 0. The van der Waals surface area contributed by atoms with Crippen molar-refractivity contribution in [3.63, 3.8) is 0 Å². The van der Waals surface area contributed by atoms with Crippen molar-refractivity contribution in [2.45, 2.75) is 0 Å². The maximum absolute atomic E-state index is 0. The van der Waals surface area contributed by atoms with Gasteiger partial charge in [-0.15, -0.1) is 0 Å². The molecule has 5 heavy (non-hydrogen) atoms. The molecule has 0 aliphatic rings. The molecule has 0 aromatic carbocycles. The molecule has 0 saturated heterocycles. The Morgan fingerprint density at radius 3 is 0.400 bits per heavy atom. The molecule has 0 bridgehead atoms. The van der Waals surface area contributed by atoms with E-state index in [1.807, 2.05) is 0 Å². The van der Waals surface area contributed by atoms with Crippen molar-refractivity contribution in [1.29, 1.82) is 0 Å². The Kier molecular flexibility index (Phi) is 3700. The first-order chi connectivity index (χ1) is 0. The normalized spacial score (nSPS) is 0. The first kappa shape index (κ1) is 188. The second-order valence-electron chi connectivity index (χ2n) is 0. The van der Waals surface area contributed by atoms with Crippen LogP contribution in [-0.2, 0) is 0 Å². The van der Waals surface area contributed by atoms with Crippen LogP contribution >= 0.6 is 0 Å². The standard InChI is InChI=1S/4B.Li. The maximum Gasteiger partial charge on any atom is 0 e. The minimum atomic E-state index is 0. The van der Waals surface area contributed by atoms with Gasteiger partial charge in [-0.1, -0.05) is 0 Å². The number of rotatable bonds is 0. The summed E-state index contributed by atoms with van der Waals surface area (Å²) in [6.07, 6.45) is 0. The van der Waals surface area contributed by atoms with Gasteiger partial charge in [0.05, 0.1) is 0 Å². The summed E-state index contributed by atoms with van der Waals surface area (Å²) in [6, 6.07) is 0. The van der Waals surface area contributed by atoms with Gasteiger partial charge in [0.15, 0.2) is 0 Å². The van der Waals surface area contributed by atoms with E-state index in [0.717, 1.165) is 0 Å². The van der Waals surface area contributed by atoms with Gasteiger partial charge >= 0.3 is 0 Å². The van der Waals surface area contributed by atoms with Crippen molar-refractivity contribution in [1.82, 2.24) is 0 Å². The molecule has 0 aromatic heterocycles. The van der Waals surface area contributed by atoms with Gasteiger partial charge in [-0.3, -0.25) is 0 Å². The van der Waals surface area contributed by atoms with E-state index < -0.39 is 0 Å². The summed E-state index contributed by atoms with van der Waals surface area (Å²) < 4.78 is 0. The van der Waals surface area contributed by atoms with Crippen molar-refractivity contribution >= 4 is 52.5 Å². The van der Waals surface area contributed by atoms with E-state index in [4.69, 9.17) is 0 Å². The smallest absolute Gasteiger partial charge is 0 e. The van der Waals surface area contributed by atoms with Gasteiger partial charge in [0.2, 0.25) is 0 Å². The van der Waals surface area contributed by atoms with Crippen LogP contribution in [0.4, 0.5) is 0 Å². The predicted octanol–water partition coefficient (Wildman–Crippen LogP) is -1.90. The van der Waals surface area contributed by atoms with Crippen LogP contribution in [0.15, 0.2) is 0 Å². The molecule has 0 saturated carbocycles. The fraction of sp³-hybridized carbons (Fsp3) is 0. The largest absolute Gasteiger partial charge is 0 e. The van der Waals surface area contributed by atoms with Crippen LogP contribution in [0.5, 0.6) is 0 Å². The summed E-state index contributed by atoms with van der Waals surface area (Å²) in [4.78, 5) is 0. The van der Waals surface area contributed by atoms with Crippen molar-refractivity contribution in [3.05, 3.63) is 0 Å². The van der Waals surface area contributed by atoms with Crippen LogP contribution in [0.25, 0.3) is 0 Å². The third kappa shape index (κ3) is 54.0. The topological polar surface area (TPSA) is 0 Å². The Morgan fingerprint density at radius 2 is 0.400 bits per heavy atom. The summed E-state index contributed by atoms with van der Waals surface area (Å²) >= 11 is 0. The average molecular weight is 50.2 g/mol. The molecule has 0 aliphatic heterocycles. The Morgan fingerprint density at radius 1 is 0.400 bits per heavy atom. The molecular weight excluding hydrogens is 50.2 g/mol. The van der Waals surface area contributed by atoms with Crippen LogP contribution in [0.3, 0.4) is 0 Å². The number of hydrogen-bond acceptors (Lipinski definition) is 0. The maximum atomic E-state index is 0. The molecule has 0 aromatic rings. The third-order valence-electron chi connectivity index (χ3n) is 0. The zero-order valence-electron chi connectivity index (χ0n) is 3.31. The Hall–Kier alpha value is 0.857. The van der Waals surface area contributed by atoms with Crippen molar-refractivity contribution in [3.8, 4) is 0 Å². The Balaban J connectivity index is 0. The number of hydrogen-bond donors (Lipinski definition) is 0. The molecular formula is B4Li. The minimum absolute atomic E-state index is 0. The average Bonchev–Trinajstić information content (AvgIpc) is 0. The van der Waals surface area contributed by atoms with Crippen molar-refractivity contribution in [2.24, 2.45) is 0 Å². The summed E-state index contributed by atoms with van der Waals surface area (Å²) in [5, 5.41) is 0. The molecule has 13 radical (unpaired) electrons. The molecule has 0 rings (SSSR count). The van der Waals surface area contributed by atoms with E-state index >= 15 is 0 Å².